The molecule has 0 bridgehead atoms. The Kier molecular flexibility index (Phi) is 4.63. The van der Waals surface area contributed by atoms with Crippen molar-refractivity contribution in [2.75, 3.05) is 57.4 Å². The zero-order valence-electron chi connectivity index (χ0n) is 10.7. The second-order valence-electron chi connectivity index (χ2n) is 4.64. The first kappa shape index (κ1) is 13.4. The smallest absolute Gasteiger partial charge is 0.151 e. The first-order valence-electron chi connectivity index (χ1n) is 6.22. The number of piperazine rings is 1. The van der Waals surface area contributed by atoms with Crippen LogP contribution >= 0.6 is 11.6 Å². The Hall–Kier alpha value is -1.04. The van der Waals surface area contributed by atoms with E-state index in [1.165, 1.54) is 0 Å². The number of aromatic nitrogens is 1. The molecule has 0 saturated carbocycles. The first-order chi connectivity index (χ1) is 8.65. The van der Waals surface area contributed by atoms with Crippen molar-refractivity contribution < 1.29 is 0 Å². The van der Waals surface area contributed by atoms with Gasteiger partial charge >= 0.3 is 0 Å². The molecule has 0 spiro atoms. The van der Waals surface area contributed by atoms with Crippen LogP contribution in [0, 0.1) is 0 Å². The molecule has 2 heterocycles. The number of hydrogen-bond donors (Lipinski definition) is 2. The van der Waals surface area contributed by atoms with Crippen LogP contribution in [0.4, 0.5) is 11.5 Å². The molecule has 0 radical (unpaired) electrons. The summed E-state index contributed by atoms with van der Waals surface area (Å²) in [6.07, 6.45) is 0. The van der Waals surface area contributed by atoms with Gasteiger partial charge in [0.2, 0.25) is 0 Å². The van der Waals surface area contributed by atoms with Crippen molar-refractivity contribution in [2.45, 2.75) is 0 Å². The number of pyridine rings is 1. The summed E-state index contributed by atoms with van der Waals surface area (Å²) in [5.74, 6) is 0.677. The fourth-order valence-electron chi connectivity index (χ4n) is 1.99. The first-order valence-corrected chi connectivity index (χ1v) is 6.60. The fourth-order valence-corrected chi connectivity index (χ4v) is 2.14. The zero-order valence-corrected chi connectivity index (χ0v) is 11.5. The van der Waals surface area contributed by atoms with Crippen molar-refractivity contribution in [3.8, 4) is 0 Å². The minimum atomic E-state index is 0.464. The maximum Gasteiger partial charge on any atom is 0.151 e. The van der Waals surface area contributed by atoms with E-state index >= 15 is 0 Å². The van der Waals surface area contributed by atoms with Gasteiger partial charge in [0.1, 0.15) is 5.15 Å². The lowest BCUT2D eigenvalue weighted by Crippen LogP contribution is -2.45. The van der Waals surface area contributed by atoms with Crippen molar-refractivity contribution in [1.29, 1.82) is 0 Å². The second-order valence-corrected chi connectivity index (χ2v) is 5.03. The highest BCUT2D eigenvalue weighted by Crippen LogP contribution is 2.17. The molecule has 5 nitrogen and oxygen atoms in total. The van der Waals surface area contributed by atoms with Crippen LogP contribution in [-0.4, -0.2) is 61.1 Å². The van der Waals surface area contributed by atoms with Gasteiger partial charge in [-0.2, -0.15) is 0 Å². The SMILES string of the molecule is CN1CCN(CCNc2nc(Cl)ccc2N)CC1. The molecule has 0 aromatic carbocycles. The van der Waals surface area contributed by atoms with Crippen molar-refractivity contribution in [3.05, 3.63) is 17.3 Å². The number of nitrogens with one attached hydrogen (secondary N) is 1. The van der Waals surface area contributed by atoms with Crippen LogP contribution in [0.2, 0.25) is 5.15 Å². The van der Waals surface area contributed by atoms with Crippen LogP contribution in [0.1, 0.15) is 0 Å². The van der Waals surface area contributed by atoms with Gasteiger partial charge in [-0.15, -0.1) is 0 Å². The van der Waals surface area contributed by atoms with Gasteiger partial charge in [-0.25, -0.2) is 4.98 Å². The molecule has 18 heavy (non-hydrogen) atoms. The molecule has 1 aromatic rings. The summed E-state index contributed by atoms with van der Waals surface area (Å²) in [7, 11) is 2.16. The van der Waals surface area contributed by atoms with E-state index in [-0.39, 0.29) is 0 Å². The summed E-state index contributed by atoms with van der Waals surface area (Å²) in [6, 6.07) is 3.47. The van der Waals surface area contributed by atoms with Gasteiger partial charge in [-0.1, -0.05) is 11.6 Å². The van der Waals surface area contributed by atoms with E-state index in [9.17, 15) is 0 Å². The van der Waals surface area contributed by atoms with Crippen LogP contribution < -0.4 is 11.1 Å². The Bertz CT molecular complexity index is 390. The predicted octanol–water partition coefficient (Wildman–Crippen LogP) is 0.976. The number of nitrogens with zero attached hydrogens (tertiary/aromatic N) is 3. The minimum Gasteiger partial charge on any atom is -0.396 e. The average Bonchev–Trinajstić information content (AvgIpc) is 2.36. The third-order valence-electron chi connectivity index (χ3n) is 3.21. The van der Waals surface area contributed by atoms with Crippen molar-refractivity contribution in [2.24, 2.45) is 0 Å². The topological polar surface area (TPSA) is 57.4 Å². The van der Waals surface area contributed by atoms with Gasteiger partial charge in [-0.3, -0.25) is 4.90 Å². The molecule has 1 saturated heterocycles. The van der Waals surface area contributed by atoms with Crippen LogP contribution in [0.15, 0.2) is 12.1 Å². The van der Waals surface area contributed by atoms with Crippen molar-refractivity contribution >= 4 is 23.1 Å². The molecule has 3 N–H and O–H groups in total. The Balaban J connectivity index is 1.76. The summed E-state index contributed by atoms with van der Waals surface area (Å²) in [5.41, 5.74) is 6.46. The molecule has 0 unspecified atom stereocenters. The monoisotopic (exact) mass is 269 g/mol. The standard InChI is InChI=1S/C12H20ClN5/c1-17-6-8-18(9-7-17)5-4-15-12-10(14)2-3-11(13)16-12/h2-3H,4-9,14H2,1H3,(H,15,16). The highest BCUT2D eigenvalue weighted by Gasteiger charge is 2.13. The molecule has 6 heteroatoms. The number of hydrogen-bond acceptors (Lipinski definition) is 5. The molecule has 0 amide bonds. The Morgan fingerprint density at radius 1 is 1.33 bits per heavy atom. The Morgan fingerprint density at radius 2 is 2.06 bits per heavy atom. The van der Waals surface area contributed by atoms with Crippen LogP contribution in [0.25, 0.3) is 0 Å². The van der Waals surface area contributed by atoms with Gasteiger partial charge in [0.05, 0.1) is 5.69 Å². The Labute approximate surface area is 113 Å². The van der Waals surface area contributed by atoms with E-state index in [2.05, 4.69) is 27.1 Å². The van der Waals surface area contributed by atoms with E-state index in [0.717, 1.165) is 39.3 Å². The molecule has 1 aliphatic rings. The van der Waals surface area contributed by atoms with Gasteiger partial charge in [0.15, 0.2) is 5.82 Å². The molecule has 1 aromatic heterocycles. The van der Waals surface area contributed by atoms with E-state index in [0.29, 0.717) is 16.7 Å². The number of anilines is 2. The third kappa shape index (κ3) is 3.73. The Morgan fingerprint density at radius 3 is 2.78 bits per heavy atom. The maximum absolute atomic E-state index is 5.84. The van der Waals surface area contributed by atoms with Crippen LogP contribution in [-0.2, 0) is 0 Å². The van der Waals surface area contributed by atoms with Gasteiger partial charge in [0.25, 0.3) is 0 Å². The highest BCUT2D eigenvalue weighted by molar-refractivity contribution is 6.29. The summed E-state index contributed by atoms with van der Waals surface area (Å²) in [4.78, 5) is 8.96. The number of nitrogen functional groups attached to an aromatic ring is 1. The van der Waals surface area contributed by atoms with E-state index in [1.54, 1.807) is 12.1 Å². The molecule has 100 valence electrons. The van der Waals surface area contributed by atoms with Crippen LogP contribution in [0.3, 0.4) is 0 Å². The number of halogens is 1. The normalized spacial score (nSPS) is 17.9. The maximum atomic E-state index is 5.84. The molecular formula is C12H20ClN5. The van der Waals surface area contributed by atoms with E-state index in [4.69, 9.17) is 17.3 Å². The lowest BCUT2D eigenvalue weighted by molar-refractivity contribution is 0.158. The lowest BCUT2D eigenvalue weighted by atomic mass is 10.3. The number of nitrogens with two attached hydrogens (primary N) is 1. The fraction of sp³-hybridized carbons (Fsp3) is 0.583. The highest BCUT2D eigenvalue weighted by atomic mass is 35.5. The van der Waals surface area contributed by atoms with Gasteiger partial charge in [0, 0.05) is 39.3 Å². The third-order valence-corrected chi connectivity index (χ3v) is 3.42. The summed E-state index contributed by atoms with van der Waals surface area (Å²) in [6.45, 7) is 6.35. The second kappa shape index (κ2) is 6.22. The summed E-state index contributed by atoms with van der Waals surface area (Å²) in [5, 5.41) is 3.70. The largest absolute Gasteiger partial charge is 0.396 e. The molecular weight excluding hydrogens is 250 g/mol. The summed E-state index contributed by atoms with van der Waals surface area (Å²) >= 11 is 5.84. The van der Waals surface area contributed by atoms with Crippen LogP contribution in [0.5, 0.6) is 0 Å². The van der Waals surface area contributed by atoms with E-state index in [1.807, 2.05) is 0 Å². The quantitative estimate of drug-likeness (QED) is 0.798. The molecule has 2 rings (SSSR count). The molecule has 0 atom stereocenters. The predicted molar refractivity (Wildman–Crippen MR) is 76.1 cm³/mol. The molecule has 1 aliphatic heterocycles. The number of rotatable bonds is 4. The van der Waals surface area contributed by atoms with Gasteiger partial charge in [-0.05, 0) is 19.2 Å². The van der Waals surface area contributed by atoms with Gasteiger partial charge < -0.3 is 16.0 Å². The average molecular weight is 270 g/mol. The van der Waals surface area contributed by atoms with E-state index < -0.39 is 0 Å². The van der Waals surface area contributed by atoms with Crippen molar-refractivity contribution in [3.63, 3.8) is 0 Å². The number of likely N-dealkylation sites (N-methyl/N-ethyl adjacent to an activating group) is 1. The zero-order chi connectivity index (χ0) is 13.0. The van der Waals surface area contributed by atoms with Crippen molar-refractivity contribution in [1.82, 2.24) is 14.8 Å². The molecule has 1 fully saturated rings. The minimum absolute atomic E-state index is 0.464. The summed E-state index contributed by atoms with van der Waals surface area (Å²) < 4.78 is 0. The lowest BCUT2D eigenvalue weighted by Gasteiger charge is -2.32. The molecule has 0 aliphatic carbocycles.